The van der Waals surface area contributed by atoms with Gasteiger partial charge in [0.25, 0.3) is 0 Å². The summed E-state index contributed by atoms with van der Waals surface area (Å²) in [5.41, 5.74) is 0. The summed E-state index contributed by atoms with van der Waals surface area (Å²) < 4.78 is 56.4. The van der Waals surface area contributed by atoms with Crippen molar-refractivity contribution in [3.63, 3.8) is 0 Å². The van der Waals surface area contributed by atoms with Crippen LogP contribution < -0.4 is 0 Å². The van der Waals surface area contributed by atoms with Crippen LogP contribution in [0.4, 0.5) is 0 Å². The summed E-state index contributed by atoms with van der Waals surface area (Å²) >= 11 is 0. The number of rotatable bonds is 40. The van der Waals surface area contributed by atoms with Gasteiger partial charge in [0.15, 0.2) is 0 Å². The van der Waals surface area contributed by atoms with Gasteiger partial charge in [0.05, 0.1) is 79.3 Å². The molecule has 0 aliphatic heterocycles. The lowest BCUT2D eigenvalue weighted by molar-refractivity contribution is -0.142. The van der Waals surface area contributed by atoms with Crippen molar-refractivity contribution in [1.29, 1.82) is 0 Å². The largest absolute Gasteiger partial charge is 0.480 e. The Morgan fingerprint density at radius 3 is 0.846 bits per heavy atom. The topological polar surface area (TPSA) is 159 Å². The molecule has 0 aliphatic rings. The molecular weight excluding hydrogens is 837 g/mol. The number of aliphatic hydroxyl groups is 1. The Hall–Kier alpha value is -1.01. The van der Waals surface area contributed by atoms with Crippen molar-refractivity contribution in [2.75, 3.05) is 153 Å². The highest BCUT2D eigenvalue weighted by atomic mass is 16.5. The molecular formula is C51H112O14. The van der Waals surface area contributed by atoms with Crippen molar-refractivity contribution in [2.24, 2.45) is 35.5 Å². The van der Waals surface area contributed by atoms with Crippen LogP contribution in [0.3, 0.4) is 0 Å². The predicted molar refractivity (Wildman–Crippen MR) is 269 cm³/mol. The molecule has 0 radical (unpaired) electrons. The Balaban J connectivity index is -0.000000161. The predicted octanol–water partition coefficient (Wildman–Crippen LogP) is 10.1. The minimum Gasteiger partial charge on any atom is -0.480 e. The summed E-state index contributed by atoms with van der Waals surface area (Å²) in [6.45, 7) is 44.0. The van der Waals surface area contributed by atoms with E-state index in [4.69, 9.17) is 62.3 Å². The Bertz CT molecular complexity index is 786. The van der Waals surface area contributed by atoms with E-state index < -0.39 is 5.97 Å². The van der Waals surface area contributed by atoms with Gasteiger partial charge in [-0.1, -0.05) is 90.0 Å². The summed E-state index contributed by atoms with van der Waals surface area (Å²) in [5.74, 6) is 3.31. The Morgan fingerprint density at radius 1 is 0.354 bits per heavy atom. The zero-order valence-electron chi connectivity index (χ0n) is 45.6. The fourth-order valence-corrected chi connectivity index (χ4v) is 3.78. The van der Waals surface area contributed by atoms with E-state index >= 15 is 0 Å². The minimum absolute atomic E-state index is 0.137. The lowest BCUT2D eigenvalue weighted by Crippen LogP contribution is -2.09. The van der Waals surface area contributed by atoms with Crippen molar-refractivity contribution < 1.29 is 67.1 Å². The summed E-state index contributed by atoms with van der Waals surface area (Å²) in [4.78, 5) is 9.92. The van der Waals surface area contributed by atoms with E-state index in [0.717, 1.165) is 148 Å². The van der Waals surface area contributed by atoms with Gasteiger partial charge < -0.3 is 62.3 Å². The van der Waals surface area contributed by atoms with E-state index in [0.29, 0.717) is 58.1 Å². The molecule has 0 rings (SSSR count). The average molecular weight is 949 g/mol. The Morgan fingerprint density at radius 2 is 0.600 bits per heavy atom. The van der Waals surface area contributed by atoms with E-state index in [1.807, 2.05) is 6.92 Å². The number of carboxylic acids is 1. The minimum atomic E-state index is -0.899. The number of carboxylic acid groups (broad SMARTS) is 1. The third-order valence-corrected chi connectivity index (χ3v) is 8.03. The van der Waals surface area contributed by atoms with Crippen LogP contribution >= 0.6 is 0 Å². The van der Waals surface area contributed by atoms with Crippen LogP contribution in [0.25, 0.3) is 0 Å². The summed E-state index contributed by atoms with van der Waals surface area (Å²) in [6.07, 6.45) is 7.65. The van der Waals surface area contributed by atoms with Crippen LogP contribution in [0.2, 0.25) is 0 Å². The van der Waals surface area contributed by atoms with E-state index in [1.165, 1.54) is 0 Å². The van der Waals surface area contributed by atoms with Crippen molar-refractivity contribution in [3.8, 4) is 0 Å². The lowest BCUT2D eigenvalue weighted by atomic mass is 10.1. The number of hydrogen-bond acceptors (Lipinski definition) is 13. The van der Waals surface area contributed by atoms with Gasteiger partial charge in [-0.3, -0.25) is 0 Å². The van der Waals surface area contributed by atoms with Crippen LogP contribution in [0, 0.1) is 35.5 Å². The third-order valence-electron chi connectivity index (χ3n) is 8.03. The Labute approximate surface area is 402 Å². The fourth-order valence-electron chi connectivity index (χ4n) is 3.78. The molecule has 0 spiro atoms. The van der Waals surface area contributed by atoms with Crippen molar-refractivity contribution in [2.45, 2.75) is 142 Å². The lowest BCUT2D eigenvalue weighted by Gasteiger charge is -2.06. The molecule has 0 saturated heterocycles. The smallest absolute Gasteiger partial charge is 0.329 e. The van der Waals surface area contributed by atoms with Crippen LogP contribution in [0.5, 0.6) is 0 Å². The van der Waals surface area contributed by atoms with Gasteiger partial charge in [-0.15, -0.1) is 0 Å². The molecule has 0 aliphatic carbocycles. The highest BCUT2D eigenvalue weighted by Crippen LogP contribution is 2.02. The molecule has 0 saturated carbocycles. The Kier molecular flexibility index (Phi) is 80.8. The first-order valence-corrected chi connectivity index (χ1v) is 25.0. The SMILES string of the molecule is CC(C)CCOCC(=O)O.CC(C)CCOCCO.CCCOCCOCCC(C)C.CCOCCOCCC(C)C.COCCOCCC(C)C.COCCOCCOCCC(C)C. The van der Waals surface area contributed by atoms with E-state index in [9.17, 15) is 4.79 Å². The quantitative estimate of drug-likeness (QED) is 0.0559. The molecule has 400 valence electrons. The van der Waals surface area contributed by atoms with Crippen molar-refractivity contribution in [1.82, 2.24) is 0 Å². The zero-order valence-corrected chi connectivity index (χ0v) is 45.6. The second-order valence-corrected chi connectivity index (χ2v) is 17.7. The van der Waals surface area contributed by atoms with E-state index in [2.05, 4.69) is 90.0 Å². The van der Waals surface area contributed by atoms with Gasteiger partial charge in [0.2, 0.25) is 0 Å². The van der Waals surface area contributed by atoms with Gasteiger partial charge in [0, 0.05) is 67.1 Å². The second-order valence-electron chi connectivity index (χ2n) is 17.7. The first kappa shape index (κ1) is 75.5. The third kappa shape index (κ3) is 111. The molecule has 14 heteroatoms. The molecule has 0 aromatic rings. The summed E-state index contributed by atoms with van der Waals surface area (Å²) in [6, 6.07) is 0. The standard InChI is InChI=1S/C10H22O3.C10H22O2.C9H20O2.C8H18O2.C7H14O3.C7H16O2/c1-10(2)4-5-12-8-9-13-7-6-11-3;1-4-6-11-8-9-12-7-5-10(2)3;1-4-10-7-8-11-6-5-9(2)3;1-8(2)4-5-10-7-6-9-3;1-6(2)3-4-10-5-7(8)9;1-7(2)3-5-9-6-4-8/h10H,4-9H2,1-3H3;10H,4-9H2,1-3H3;9H,4-8H2,1-3H3;8H,4-7H2,1-3H3;6H,3-5H2,1-2H3,(H,8,9);7-8H,3-6H2,1-2H3. The molecule has 0 unspecified atom stereocenters. The monoisotopic (exact) mass is 949 g/mol. The maximum absolute atomic E-state index is 9.92. The van der Waals surface area contributed by atoms with Gasteiger partial charge in [-0.25, -0.2) is 4.79 Å². The number of carbonyl (C=O) groups is 1. The van der Waals surface area contributed by atoms with Crippen molar-refractivity contribution >= 4 is 5.97 Å². The highest BCUT2D eigenvalue weighted by molar-refractivity contribution is 5.67. The fraction of sp³-hybridized carbons (Fsp3) is 0.980. The molecule has 0 atom stereocenters. The second kappa shape index (κ2) is 69.6. The number of aliphatic hydroxyl groups excluding tert-OH is 1. The van der Waals surface area contributed by atoms with Crippen LogP contribution in [0.15, 0.2) is 0 Å². The number of aliphatic carboxylic acids is 1. The van der Waals surface area contributed by atoms with E-state index in [1.54, 1.807) is 14.2 Å². The molecule has 14 nitrogen and oxygen atoms in total. The maximum Gasteiger partial charge on any atom is 0.329 e. The molecule has 2 N–H and O–H groups in total. The number of hydrogen-bond donors (Lipinski definition) is 2. The van der Waals surface area contributed by atoms with Crippen LogP contribution in [0.1, 0.15) is 142 Å². The van der Waals surface area contributed by atoms with Gasteiger partial charge >= 0.3 is 5.97 Å². The average Bonchev–Trinajstić information content (AvgIpc) is 3.23. The molecule has 0 fully saturated rings. The zero-order chi connectivity index (χ0) is 50.6. The van der Waals surface area contributed by atoms with Gasteiger partial charge in [0.1, 0.15) is 6.61 Å². The maximum atomic E-state index is 9.92. The highest BCUT2D eigenvalue weighted by Gasteiger charge is 1.98. The first-order chi connectivity index (χ1) is 31.0. The van der Waals surface area contributed by atoms with Crippen LogP contribution in [-0.2, 0) is 56.9 Å². The normalized spacial score (nSPS) is 10.8. The van der Waals surface area contributed by atoms with Gasteiger partial charge in [-0.2, -0.15) is 0 Å². The molecule has 0 aromatic heterocycles. The van der Waals surface area contributed by atoms with Crippen molar-refractivity contribution in [3.05, 3.63) is 0 Å². The summed E-state index contributed by atoms with van der Waals surface area (Å²) in [5, 5.41) is 16.5. The van der Waals surface area contributed by atoms with Gasteiger partial charge in [-0.05, 0) is 87.4 Å². The molecule has 0 bridgehead atoms. The number of methoxy groups -OCH3 is 2. The van der Waals surface area contributed by atoms with Crippen LogP contribution in [-0.4, -0.2) is 169 Å². The molecule has 65 heavy (non-hydrogen) atoms. The summed E-state index contributed by atoms with van der Waals surface area (Å²) in [7, 11) is 3.36. The first-order valence-electron chi connectivity index (χ1n) is 25.0. The molecule has 0 aromatic carbocycles. The molecule has 0 heterocycles. The molecule has 0 amide bonds. The number of ether oxygens (including phenoxy) is 11. The van der Waals surface area contributed by atoms with E-state index in [-0.39, 0.29) is 13.2 Å².